The monoisotopic (exact) mass is 275 g/mol. The van der Waals surface area contributed by atoms with Crippen molar-refractivity contribution in [1.29, 1.82) is 5.41 Å². The largest absolute Gasteiger partial charge is 0.384 e. The van der Waals surface area contributed by atoms with Crippen molar-refractivity contribution in [2.75, 3.05) is 0 Å². The Kier molecular flexibility index (Phi) is 3.85. The van der Waals surface area contributed by atoms with E-state index in [1.807, 2.05) is 26.0 Å². The molecule has 2 rings (SSSR count). The molecule has 2 aromatic rings. The first-order valence-corrected chi connectivity index (χ1v) is 6.54. The van der Waals surface area contributed by atoms with Gasteiger partial charge in [-0.25, -0.2) is 9.37 Å². The second kappa shape index (κ2) is 5.40. The summed E-state index contributed by atoms with van der Waals surface area (Å²) in [6, 6.07) is 8.41. The number of nitrogens with one attached hydrogen (secondary N) is 1. The second-order valence-corrected chi connectivity index (χ2v) is 5.35. The van der Waals surface area contributed by atoms with E-state index in [-0.39, 0.29) is 5.84 Å². The Morgan fingerprint density at radius 1 is 1.26 bits per heavy atom. The molecule has 19 heavy (non-hydrogen) atoms. The Morgan fingerprint density at radius 3 is 2.58 bits per heavy atom. The minimum atomic E-state index is -0.390. The lowest BCUT2D eigenvalue weighted by atomic mass is 10.2. The number of pyridine rings is 1. The molecule has 0 radical (unpaired) electrons. The lowest BCUT2D eigenvalue weighted by molar-refractivity contribution is 0.601. The molecule has 0 saturated heterocycles. The number of nitrogens with two attached hydrogens (primary N) is 1. The molecule has 0 aliphatic carbocycles. The number of nitrogens with zero attached hydrogens (tertiary/aromatic N) is 1. The van der Waals surface area contributed by atoms with Crippen LogP contribution in [0.3, 0.4) is 0 Å². The van der Waals surface area contributed by atoms with Crippen molar-refractivity contribution in [1.82, 2.24) is 4.98 Å². The molecule has 0 fully saturated rings. The van der Waals surface area contributed by atoms with Crippen LogP contribution in [0.1, 0.15) is 16.8 Å². The molecule has 0 atom stereocenters. The number of hydrogen-bond donors (Lipinski definition) is 2. The van der Waals surface area contributed by atoms with Crippen LogP contribution in [-0.4, -0.2) is 10.8 Å². The number of benzene rings is 1. The predicted octanol–water partition coefficient (Wildman–Crippen LogP) is 3.27. The van der Waals surface area contributed by atoms with E-state index in [1.165, 1.54) is 17.8 Å². The van der Waals surface area contributed by atoms with E-state index in [0.717, 1.165) is 16.3 Å². The van der Waals surface area contributed by atoms with Crippen LogP contribution in [0, 0.1) is 25.1 Å². The maximum absolute atomic E-state index is 13.9. The van der Waals surface area contributed by atoms with Gasteiger partial charge in [-0.1, -0.05) is 11.8 Å². The van der Waals surface area contributed by atoms with Crippen LogP contribution in [0.4, 0.5) is 4.39 Å². The average Bonchev–Trinajstić information content (AvgIpc) is 2.30. The first-order valence-electron chi connectivity index (χ1n) is 5.73. The fraction of sp³-hybridized carbons (Fsp3) is 0.143. The molecule has 1 heterocycles. The van der Waals surface area contributed by atoms with Crippen LogP contribution in [0.25, 0.3) is 0 Å². The van der Waals surface area contributed by atoms with E-state index in [1.54, 1.807) is 12.1 Å². The number of amidine groups is 1. The molecule has 0 unspecified atom stereocenters. The molecule has 0 amide bonds. The Labute approximate surface area is 115 Å². The third-order valence-electron chi connectivity index (χ3n) is 2.53. The topological polar surface area (TPSA) is 62.8 Å². The van der Waals surface area contributed by atoms with Gasteiger partial charge < -0.3 is 5.73 Å². The van der Waals surface area contributed by atoms with Crippen LogP contribution in [0.2, 0.25) is 0 Å². The van der Waals surface area contributed by atoms with Gasteiger partial charge in [-0.05, 0) is 49.7 Å². The van der Waals surface area contributed by atoms with Crippen molar-refractivity contribution in [3.8, 4) is 0 Å². The summed E-state index contributed by atoms with van der Waals surface area (Å²) in [6.45, 7) is 3.89. The van der Waals surface area contributed by atoms with Gasteiger partial charge in [0.2, 0.25) is 0 Å². The van der Waals surface area contributed by atoms with E-state index < -0.39 is 5.82 Å². The zero-order valence-electron chi connectivity index (χ0n) is 10.7. The molecule has 1 aromatic carbocycles. The summed E-state index contributed by atoms with van der Waals surface area (Å²) in [6.07, 6.45) is 0. The molecular weight excluding hydrogens is 261 g/mol. The van der Waals surface area contributed by atoms with E-state index in [2.05, 4.69) is 4.98 Å². The van der Waals surface area contributed by atoms with Gasteiger partial charge in [0.1, 0.15) is 16.7 Å². The van der Waals surface area contributed by atoms with E-state index in [0.29, 0.717) is 10.5 Å². The normalized spacial score (nSPS) is 10.5. The Balaban J connectivity index is 2.30. The van der Waals surface area contributed by atoms with E-state index >= 15 is 0 Å². The summed E-state index contributed by atoms with van der Waals surface area (Å²) in [7, 11) is 0. The van der Waals surface area contributed by atoms with Gasteiger partial charge in [0.05, 0.1) is 0 Å². The van der Waals surface area contributed by atoms with E-state index in [9.17, 15) is 4.39 Å². The maximum Gasteiger partial charge on any atom is 0.137 e. The molecule has 3 nitrogen and oxygen atoms in total. The highest BCUT2D eigenvalue weighted by atomic mass is 32.2. The third-order valence-corrected chi connectivity index (χ3v) is 3.50. The van der Waals surface area contributed by atoms with Crippen LogP contribution < -0.4 is 5.73 Å². The molecule has 0 saturated carbocycles. The molecule has 5 heteroatoms. The van der Waals surface area contributed by atoms with Crippen LogP contribution >= 0.6 is 11.8 Å². The Hall–Kier alpha value is -1.88. The molecular formula is C14H14FN3S. The molecule has 0 aliphatic rings. The number of rotatable bonds is 3. The molecule has 1 aromatic heterocycles. The van der Waals surface area contributed by atoms with Crippen molar-refractivity contribution in [3.63, 3.8) is 0 Å². The summed E-state index contributed by atoms with van der Waals surface area (Å²) < 4.78 is 13.9. The molecule has 3 N–H and O–H groups in total. The van der Waals surface area contributed by atoms with Gasteiger partial charge in [0, 0.05) is 16.2 Å². The summed E-state index contributed by atoms with van der Waals surface area (Å²) >= 11 is 1.27. The van der Waals surface area contributed by atoms with Crippen LogP contribution in [0.15, 0.2) is 40.3 Å². The second-order valence-electron chi connectivity index (χ2n) is 4.29. The fourth-order valence-corrected chi connectivity index (χ4v) is 2.67. The Morgan fingerprint density at radius 2 is 2.00 bits per heavy atom. The van der Waals surface area contributed by atoms with Gasteiger partial charge >= 0.3 is 0 Å². The van der Waals surface area contributed by atoms with Crippen molar-refractivity contribution >= 4 is 17.6 Å². The van der Waals surface area contributed by atoms with Crippen molar-refractivity contribution in [2.45, 2.75) is 23.8 Å². The number of hydrogen-bond acceptors (Lipinski definition) is 3. The summed E-state index contributed by atoms with van der Waals surface area (Å²) in [4.78, 5) is 4.83. The fourth-order valence-electron chi connectivity index (χ4n) is 1.72. The van der Waals surface area contributed by atoms with Crippen LogP contribution in [0.5, 0.6) is 0 Å². The van der Waals surface area contributed by atoms with Crippen molar-refractivity contribution < 1.29 is 4.39 Å². The van der Waals surface area contributed by atoms with Gasteiger partial charge in [-0.15, -0.1) is 0 Å². The van der Waals surface area contributed by atoms with Crippen LogP contribution in [-0.2, 0) is 0 Å². The third kappa shape index (κ3) is 3.32. The minimum Gasteiger partial charge on any atom is -0.384 e. The standard InChI is InChI=1S/C14H14FN3S/c1-8-5-9(2)18-13(6-8)19-12-4-3-10(14(16)17)7-11(12)15/h3-7H,1-2H3,(H3,16,17). The highest BCUT2D eigenvalue weighted by molar-refractivity contribution is 7.99. The Bertz CT molecular complexity index is 620. The number of halogens is 1. The molecule has 0 aliphatic heterocycles. The number of nitrogen functional groups attached to an aromatic ring is 1. The van der Waals surface area contributed by atoms with E-state index in [4.69, 9.17) is 11.1 Å². The predicted molar refractivity (Wildman–Crippen MR) is 75.3 cm³/mol. The zero-order valence-corrected chi connectivity index (χ0v) is 11.5. The molecule has 0 spiro atoms. The SMILES string of the molecule is Cc1cc(C)nc(Sc2ccc(C(=N)N)cc2F)c1. The lowest BCUT2D eigenvalue weighted by Gasteiger charge is -2.06. The smallest absolute Gasteiger partial charge is 0.137 e. The number of aromatic nitrogens is 1. The van der Waals surface area contributed by atoms with Crippen molar-refractivity contribution in [3.05, 3.63) is 53.0 Å². The highest BCUT2D eigenvalue weighted by Gasteiger charge is 2.08. The lowest BCUT2D eigenvalue weighted by Crippen LogP contribution is -2.11. The molecule has 0 bridgehead atoms. The number of aryl methyl sites for hydroxylation is 2. The summed E-state index contributed by atoms with van der Waals surface area (Å²) in [5, 5.41) is 8.03. The maximum atomic E-state index is 13.9. The highest BCUT2D eigenvalue weighted by Crippen LogP contribution is 2.29. The summed E-state index contributed by atoms with van der Waals surface area (Å²) in [5.41, 5.74) is 7.71. The van der Waals surface area contributed by atoms with Crippen molar-refractivity contribution in [2.24, 2.45) is 5.73 Å². The van der Waals surface area contributed by atoms with Gasteiger partial charge in [-0.3, -0.25) is 5.41 Å². The summed E-state index contributed by atoms with van der Waals surface area (Å²) in [5.74, 6) is -0.529. The molecule has 98 valence electrons. The van der Waals surface area contributed by atoms with Gasteiger partial charge in [0.15, 0.2) is 0 Å². The first kappa shape index (κ1) is 13.5. The quantitative estimate of drug-likeness (QED) is 0.667. The van der Waals surface area contributed by atoms with Gasteiger partial charge in [-0.2, -0.15) is 0 Å². The first-order chi connectivity index (χ1) is 8.95. The average molecular weight is 275 g/mol. The van der Waals surface area contributed by atoms with Gasteiger partial charge in [0.25, 0.3) is 0 Å². The minimum absolute atomic E-state index is 0.139. The zero-order chi connectivity index (χ0) is 14.0.